The van der Waals surface area contributed by atoms with Crippen molar-refractivity contribution in [3.05, 3.63) is 95.6 Å². The van der Waals surface area contributed by atoms with Crippen molar-refractivity contribution >= 4 is 23.9 Å². The van der Waals surface area contributed by atoms with Gasteiger partial charge in [-0.3, -0.25) is 14.6 Å². The quantitative estimate of drug-likeness (QED) is 0.133. The number of fused-ring (bicyclic) bond motifs is 3. The molecule has 208 valence electrons. The number of carbonyl (C=O) groups is 3. The molecule has 3 aromatic rings. The first-order valence-electron chi connectivity index (χ1n) is 13.1. The first-order valence-corrected chi connectivity index (χ1v) is 13.1. The number of hydrogen-bond donors (Lipinski definition) is 5. The topological polar surface area (TPSA) is 175 Å². The SMILES string of the molecule is NC(=O)[C@H](Cc1ccccc1)NC(=O)[C@H](CCCN=C(N)N)NC(=O)OCC1c2ccccc2-c2ccccc21. The Morgan fingerprint density at radius 1 is 0.800 bits per heavy atom. The molecule has 0 saturated carbocycles. The van der Waals surface area contributed by atoms with Crippen molar-refractivity contribution in [3.63, 3.8) is 0 Å². The zero-order valence-corrected chi connectivity index (χ0v) is 22.1. The zero-order valence-electron chi connectivity index (χ0n) is 22.1. The van der Waals surface area contributed by atoms with Gasteiger partial charge in [-0.1, -0.05) is 78.9 Å². The maximum Gasteiger partial charge on any atom is 0.407 e. The van der Waals surface area contributed by atoms with Crippen LogP contribution in [0.2, 0.25) is 0 Å². The van der Waals surface area contributed by atoms with E-state index in [-0.39, 0.29) is 37.9 Å². The molecule has 1 aliphatic carbocycles. The highest BCUT2D eigenvalue weighted by Gasteiger charge is 2.30. The van der Waals surface area contributed by atoms with Gasteiger partial charge in [-0.05, 0) is 40.7 Å². The Labute approximate surface area is 233 Å². The van der Waals surface area contributed by atoms with Gasteiger partial charge < -0.3 is 32.6 Å². The lowest BCUT2D eigenvalue weighted by Crippen LogP contribution is -2.53. The molecule has 4 rings (SSSR count). The summed E-state index contributed by atoms with van der Waals surface area (Å²) in [5.74, 6) is -1.44. The number of guanidine groups is 1. The van der Waals surface area contributed by atoms with E-state index in [2.05, 4.69) is 27.8 Å². The van der Waals surface area contributed by atoms with Crippen molar-refractivity contribution in [2.24, 2.45) is 22.2 Å². The van der Waals surface area contributed by atoms with E-state index in [9.17, 15) is 14.4 Å². The average Bonchev–Trinajstić information content (AvgIpc) is 3.27. The largest absolute Gasteiger partial charge is 0.449 e. The number of amides is 3. The average molecular weight is 543 g/mol. The van der Waals surface area contributed by atoms with Gasteiger partial charge >= 0.3 is 6.09 Å². The predicted molar refractivity (Wildman–Crippen MR) is 153 cm³/mol. The number of aliphatic imine (C=N–C) groups is 1. The van der Waals surface area contributed by atoms with Crippen molar-refractivity contribution in [2.75, 3.05) is 13.2 Å². The van der Waals surface area contributed by atoms with E-state index in [1.54, 1.807) is 0 Å². The molecule has 0 unspecified atom stereocenters. The second kappa shape index (κ2) is 13.3. The number of ether oxygens (including phenoxy) is 1. The monoisotopic (exact) mass is 542 g/mol. The van der Waals surface area contributed by atoms with Gasteiger partial charge in [0, 0.05) is 18.9 Å². The molecule has 0 radical (unpaired) electrons. The highest BCUT2D eigenvalue weighted by molar-refractivity contribution is 5.91. The molecule has 2 atom stereocenters. The summed E-state index contributed by atoms with van der Waals surface area (Å²) in [6, 6.07) is 23.3. The molecule has 0 saturated heterocycles. The summed E-state index contributed by atoms with van der Waals surface area (Å²) in [5, 5.41) is 5.32. The molecule has 8 N–H and O–H groups in total. The molecule has 0 fully saturated rings. The fourth-order valence-electron chi connectivity index (χ4n) is 4.90. The Morgan fingerprint density at radius 2 is 1.40 bits per heavy atom. The fraction of sp³-hybridized carbons (Fsp3) is 0.267. The number of rotatable bonds is 12. The number of benzene rings is 3. The first-order chi connectivity index (χ1) is 19.3. The molecule has 10 nitrogen and oxygen atoms in total. The van der Waals surface area contributed by atoms with Gasteiger partial charge in [-0.2, -0.15) is 0 Å². The number of nitrogens with two attached hydrogens (primary N) is 3. The Balaban J connectivity index is 1.42. The van der Waals surface area contributed by atoms with Crippen LogP contribution in [0, 0.1) is 0 Å². The van der Waals surface area contributed by atoms with Crippen LogP contribution in [0.4, 0.5) is 4.79 Å². The Hall–Kier alpha value is -4.86. The Bertz CT molecular complexity index is 1330. The van der Waals surface area contributed by atoms with E-state index in [4.69, 9.17) is 21.9 Å². The van der Waals surface area contributed by atoms with E-state index in [1.165, 1.54) is 0 Å². The minimum absolute atomic E-state index is 0.0675. The van der Waals surface area contributed by atoms with Gasteiger partial charge in [0.15, 0.2) is 5.96 Å². The van der Waals surface area contributed by atoms with E-state index < -0.39 is 30.0 Å². The molecular formula is C30H34N6O4. The number of nitrogens with one attached hydrogen (secondary N) is 2. The Kier molecular flexibility index (Phi) is 9.35. The van der Waals surface area contributed by atoms with E-state index >= 15 is 0 Å². The van der Waals surface area contributed by atoms with Crippen molar-refractivity contribution in [1.29, 1.82) is 0 Å². The third-order valence-electron chi connectivity index (χ3n) is 6.84. The minimum Gasteiger partial charge on any atom is -0.449 e. The molecule has 40 heavy (non-hydrogen) atoms. The maximum absolute atomic E-state index is 13.2. The normalized spacial score (nSPS) is 13.3. The summed E-state index contributed by atoms with van der Waals surface area (Å²) < 4.78 is 5.62. The van der Waals surface area contributed by atoms with Gasteiger partial charge in [0.05, 0.1) is 0 Å². The number of hydrogen-bond acceptors (Lipinski definition) is 5. The van der Waals surface area contributed by atoms with Gasteiger partial charge in [-0.15, -0.1) is 0 Å². The van der Waals surface area contributed by atoms with Gasteiger partial charge in [0.1, 0.15) is 18.7 Å². The van der Waals surface area contributed by atoms with Crippen molar-refractivity contribution < 1.29 is 19.1 Å². The summed E-state index contributed by atoms with van der Waals surface area (Å²) in [6.45, 7) is 0.363. The third-order valence-corrected chi connectivity index (χ3v) is 6.84. The van der Waals surface area contributed by atoms with Gasteiger partial charge in [0.25, 0.3) is 0 Å². The van der Waals surface area contributed by atoms with Crippen molar-refractivity contribution in [2.45, 2.75) is 37.3 Å². The summed E-state index contributed by atoms with van der Waals surface area (Å²) in [4.78, 5) is 42.2. The number of alkyl carbamates (subject to hydrolysis) is 1. The van der Waals surface area contributed by atoms with Crippen LogP contribution in [0.25, 0.3) is 11.1 Å². The van der Waals surface area contributed by atoms with E-state index in [0.717, 1.165) is 27.8 Å². The highest BCUT2D eigenvalue weighted by Crippen LogP contribution is 2.44. The minimum atomic E-state index is -0.998. The van der Waals surface area contributed by atoms with Crippen LogP contribution in [0.1, 0.15) is 35.4 Å². The summed E-state index contributed by atoms with van der Waals surface area (Å²) in [5.41, 5.74) is 21.6. The third kappa shape index (κ3) is 7.16. The summed E-state index contributed by atoms with van der Waals surface area (Å²) in [7, 11) is 0. The molecule has 0 aromatic heterocycles. The van der Waals surface area contributed by atoms with E-state index in [0.29, 0.717) is 6.42 Å². The second-order valence-corrected chi connectivity index (χ2v) is 9.62. The van der Waals surface area contributed by atoms with Crippen LogP contribution in [-0.2, 0) is 20.7 Å². The summed E-state index contributed by atoms with van der Waals surface area (Å²) in [6.07, 6.45) is 0.0825. The standard InChI is InChI=1S/C30H34N6O4/c31-27(37)26(17-19-9-2-1-3-10-19)35-28(38)25(15-8-16-34-29(32)33)36-30(39)40-18-24-22-13-6-4-11-20(22)21-12-5-7-14-23(21)24/h1-7,9-14,24-26H,8,15-18H2,(H2,31,37)(H,35,38)(H,36,39)(H4,32,33,34)/t25-,26-/m0/s1. The molecule has 10 heteroatoms. The van der Waals surface area contributed by atoms with Crippen LogP contribution in [-0.4, -0.2) is 49.1 Å². The fourth-order valence-corrected chi connectivity index (χ4v) is 4.90. The van der Waals surface area contributed by atoms with Crippen LogP contribution < -0.4 is 27.8 Å². The first kappa shape index (κ1) is 28.2. The molecule has 1 aliphatic rings. The van der Waals surface area contributed by atoms with E-state index in [1.807, 2.05) is 66.7 Å². The maximum atomic E-state index is 13.2. The zero-order chi connectivity index (χ0) is 28.5. The molecule has 0 aliphatic heterocycles. The van der Waals surface area contributed by atoms with Crippen molar-refractivity contribution in [3.8, 4) is 11.1 Å². The molecular weight excluding hydrogens is 508 g/mol. The smallest absolute Gasteiger partial charge is 0.407 e. The van der Waals surface area contributed by atoms with Crippen LogP contribution in [0.15, 0.2) is 83.9 Å². The van der Waals surface area contributed by atoms with Gasteiger partial charge in [-0.25, -0.2) is 4.79 Å². The molecule has 0 heterocycles. The van der Waals surface area contributed by atoms with Crippen LogP contribution in [0.3, 0.4) is 0 Å². The Morgan fingerprint density at radius 3 is 2.00 bits per heavy atom. The lowest BCUT2D eigenvalue weighted by molar-refractivity contribution is -0.128. The van der Waals surface area contributed by atoms with Crippen LogP contribution in [0.5, 0.6) is 0 Å². The molecule has 0 bridgehead atoms. The number of nitrogens with zero attached hydrogens (tertiary/aromatic N) is 1. The van der Waals surface area contributed by atoms with Crippen LogP contribution >= 0.6 is 0 Å². The predicted octanol–water partition coefficient (Wildman–Crippen LogP) is 2.16. The molecule has 3 aromatic carbocycles. The van der Waals surface area contributed by atoms with Gasteiger partial charge in [0.2, 0.25) is 11.8 Å². The second-order valence-electron chi connectivity index (χ2n) is 9.62. The number of primary amides is 1. The number of carbonyl (C=O) groups excluding carboxylic acids is 3. The molecule has 3 amide bonds. The van der Waals surface area contributed by atoms with Crippen molar-refractivity contribution in [1.82, 2.24) is 10.6 Å². The molecule has 0 spiro atoms. The lowest BCUT2D eigenvalue weighted by atomic mass is 9.98. The highest BCUT2D eigenvalue weighted by atomic mass is 16.5. The lowest BCUT2D eigenvalue weighted by Gasteiger charge is -2.22. The summed E-state index contributed by atoms with van der Waals surface area (Å²) >= 11 is 0.